The minimum absolute atomic E-state index is 0.291. The van der Waals surface area contributed by atoms with Crippen molar-refractivity contribution in [3.63, 3.8) is 0 Å². The van der Waals surface area contributed by atoms with Crippen LogP contribution in [-0.4, -0.2) is 45.5 Å². The molecule has 24 heavy (non-hydrogen) atoms. The van der Waals surface area contributed by atoms with Gasteiger partial charge in [-0.1, -0.05) is 6.07 Å². The molecule has 0 spiro atoms. The first-order valence-electron chi connectivity index (χ1n) is 8.70. The van der Waals surface area contributed by atoms with Crippen LogP contribution in [0.5, 0.6) is 11.5 Å². The number of nitrogens with zero attached hydrogens (tertiary/aromatic N) is 1. The Balaban J connectivity index is 1.97. The Morgan fingerprint density at radius 1 is 1.29 bits per heavy atom. The molecule has 0 radical (unpaired) electrons. The van der Waals surface area contributed by atoms with Crippen molar-refractivity contribution in [2.75, 3.05) is 33.4 Å². The summed E-state index contributed by atoms with van der Waals surface area (Å²) in [5.41, 5.74) is 1.08. The molecule has 134 valence electrons. The van der Waals surface area contributed by atoms with E-state index >= 15 is 0 Å². The molecule has 1 aliphatic rings. The molecule has 1 unspecified atom stereocenters. The zero-order chi connectivity index (χ0) is 17.2. The van der Waals surface area contributed by atoms with Crippen molar-refractivity contribution in [2.24, 2.45) is 4.99 Å². The summed E-state index contributed by atoms with van der Waals surface area (Å²) in [7, 11) is 1.65. The van der Waals surface area contributed by atoms with Crippen LogP contribution in [0, 0.1) is 0 Å². The van der Waals surface area contributed by atoms with Gasteiger partial charge in [0.15, 0.2) is 17.5 Å². The highest BCUT2D eigenvalue weighted by Crippen LogP contribution is 2.28. The van der Waals surface area contributed by atoms with E-state index in [9.17, 15) is 0 Å². The third kappa shape index (κ3) is 5.60. The van der Waals surface area contributed by atoms with Gasteiger partial charge in [0.1, 0.15) is 0 Å². The molecule has 2 N–H and O–H groups in total. The number of hydrogen-bond donors (Lipinski definition) is 2. The van der Waals surface area contributed by atoms with E-state index in [-0.39, 0.29) is 0 Å². The average molecular weight is 335 g/mol. The first kappa shape index (κ1) is 18.4. The lowest BCUT2D eigenvalue weighted by Crippen LogP contribution is -2.41. The summed E-state index contributed by atoms with van der Waals surface area (Å²) in [5.74, 6) is 2.31. The van der Waals surface area contributed by atoms with Gasteiger partial charge in [-0.2, -0.15) is 0 Å². The molecule has 1 atom stereocenters. The van der Waals surface area contributed by atoms with Crippen molar-refractivity contribution in [3.8, 4) is 11.5 Å². The van der Waals surface area contributed by atoms with Crippen LogP contribution >= 0.6 is 0 Å². The molecule has 1 saturated heterocycles. The molecule has 1 aromatic carbocycles. The molecule has 0 aliphatic carbocycles. The van der Waals surface area contributed by atoms with Crippen LogP contribution in [0.2, 0.25) is 0 Å². The van der Waals surface area contributed by atoms with E-state index in [0.29, 0.717) is 19.3 Å². The number of rotatable bonds is 8. The summed E-state index contributed by atoms with van der Waals surface area (Å²) < 4.78 is 16.6. The van der Waals surface area contributed by atoms with E-state index in [2.05, 4.69) is 22.5 Å². The van der Waals surface area contributed by atoms with Crippen molar-refractivity contribution >= 4 is 5.96 Å². The number of guanidine groups is 1. The predicted octanol–water partition coefficient (Wildman–Crippen LogP) is 2.33. The molecular formula is C18H29N3O3. The molecular weight excluding hydrogens is 306 g/mol. The average Bonchev–Trinajstić information content (AvgIpc) is 3.11. The van der Waals surface area contributed by atoms with Gasteiger partial charge < -0.3 is 24.8 Å². The Kier molecular flexibility index (Phi) is 7.68. The van der Waals surface area contributed by atoms with Crippen LogP contribution < -0.4 is 20.1 Å². The lowest BCUT2D eigenvalue weighted by atomic mass is 10.2. The van der Waals surface area contributed by atoms with Gasteiger partial charge in [0.2, 0.25) is 0 Å². The van der Waals surface area contributed by atoms with Crippen LogP contribution in [0.4, 0.5) is 0 Å². The molecule has 1 aromatic rings. The molecule has 1 heterocycles. The van der Waals surface area contributed by atoms with Crippen LogP contribution in [0.3, 0.4) is 0 Å². The van der Waals surface area contributed by atoms with Gasteiger partial charge in [-0.15, -0.1) is 0 Å². The van der Waals surface area contributed by atoms with Crippen molar-refractivity contribution in [3.05, 3.63) is 23.8 Å². The minimum atomic E-state index is 0.291. The monoisotopic (exact) mass is 335 g/mol. The highest BCUT2D eigenvalue weighted by atomic mass is 16.5. The van der Waals surface area contributed by atoms with Crippen molar-refractivity contribution in [1.82, 2.24) is 10.6 Å². The maximum absolute atomic E-state index is 5.64. The fourth-order valence-corrected chi connectivity index (χ4v) is 2.62. The largest absolute Gasteiger partial charge is 0.493 e. The second-order valence-corrected chi connectivity index (χ2v) is 5.63. The molecule has 0 saturated carbocycles. The topological polar surface area (TPSA) is 64.1 Å². The number of aliphatic imine (C=N–C) groups is 1. The summed E-state index contributed by atoms with van der Waals surface area (Å²) in [4.78, 5) is 4.64. The number of nitrogens with one attached hydrogen (secondary N) is 2. The molecule has 2 rings (SSSR count). The van der Waals surface area contributed by atoms with Gasteiger partial charge >= 0.3 is 0 Å². The lowest BCUT2D eigenvalue weighted by molar-refractivity contribution is 0.114. The van der Waals surface area contributed by atoms with Gasteiger partial charge in [-0.05, 0) is 44.4 Å². The minimum Gasteiger partial charge on any atom is -0.493 e. The van der Waals surface area contributed by atoms with E-state index in [1.807, 2.05) is 25.1 Å². The molecule has 0 aromatic heterocycles. The Bertz CT molecular complexity index is 528. The number of methoxy groups -OCH3 is 1. The molecule has 0 bridgehead atoms. The van der Waals surface area contributed by atoms with Crippen LogP contribution in [0.25, 0.3) is 0 Å². The van der Waals surface area contributed by atoms with Gasteiger partial charge in [-0.3, -0.25) is 0 Å². The smallest absolute Gasteiger partial charge is 0.191 e. The van der Waals surface area contributed by atoms with Gasteiger partial charge in [0, 0.05) is 19.7 Å². The van der Waals surface area contributed by atoms with Crippen LogP contribution in [0.15, 0.2) is 23.2 Å². The highest BCUT2D eigenvalue weighted by molar-refractivity contribution is 5.79. The first-order valence-corrected chi connectivity index (χ1v) is 8.70. The molecule has 6 nitrogen and oxygen atoms in total. The summed E-state index contributed by atoms with van der Waals surface area (Å²) in [5, 5.41) is 6.62. The first-order chi connectivity index (χ1) is 11.8. The third-order valence-corrected chi connectivity index (χ3v) is 3.81. The van der Waals surface area contributed by atoms with Gasteiger partial charge in [0.05, 0.1) is 26.4 Å². The Morgan fingerprint density at radius 3 is 2.83 bits per heavy atom. The Hall–Kier alpha value is -1.95. The molecule has 6 heteroatoms. The highest BCUT2D eigenvalue weighted by Gasteiger charge is 2.15. The Labute approximate surface area is 144 Å². The summed E-state index contributed by atoms with van der Waals surface area (Å²) in [6, 6.07) is 5.91. The Morgan fingerprint density at radius 2 is 2.17 bits per heavy atom. The lowest BCUT2D eigenvalue weighted by Gasteiger charge is -2.15. The predicted molar refractivity (Wildman–Crippen MR) is 96.0 cm³/mol. The normalized spacial score (nSPS) is 17.6. The van der Waals surface area contributed by atoms with Crippen molar-refractivity contribution in [1.29, 1.82) is 0 Å². The van der Waals surface area contributed by atoms with Gasteiger partial charge in [-0.25, -0.2) is 4.99 Å². The van der Waals surface area contributed by atoms with E-state index in [1.54, 1.807) is 7.11 Å². The van der Waals surface area contributed by atoms with E-state index in [0.717, 1.165) is 55.6 Å². The summed E-state index contributed by atoms with van der Waals surface area (Å²) >= 11 is 0. The molecule has 1 fully saturated rings. The van der Waals surface area contributed by atoms with Crippen molar-refractivity contribution < 1.29 is 14.2 Å². The maximum Gasteiger partial charge on any atom is 0.191 e. The quantitative estimate of drug-likeness (QED) is 0.564. The SMILES string of the molecule is CCNC(=NCc1ccc(OC)c(OCC)c1)NCC1CCCO1. The van der Waals surface area contributed by atoms with E-state index < -0.39 is 0 Å². The maximum atomic E-state index is 5.64. The zero-order valence-corrected chi connectivity index (χ0v) is 14.9. The second-order valence-electron chi connectivity index (χ2n) is 5.63. The molecule has 1 aliphatic heterocycles. The fourth-order valence-electron chi connectivity index (χ4n) is 2.62. The fraction of sp³-hybridized carbons (Fsp3) is 0.611. The third-order valence-electron chi connectivity index (χ3n) is 3.81. The number of ether oxygens (including phenoxy) is 3. The number of benzene rings is 1. The molecule has 0 amide bonds. The van der Waals surface area contributed by atoms with Crippen LogP contribution in [-0.2, 0) is 11.3 Å². The number of hydrogen-bond acceptors (Lipinski definition) is 4. The van der Waals surface area contributed by atoms with Crippen molar-refractivity contribution in [2.45, 2.75) is 39.3 Å². The van der Waals surface area contributed by atoms with E-state index in [1.165, 1.54) is 0 Å². The standard InChI is InChI=1S/C18H29N3O3/c1-4-19-18(21-13-15-7-6-10-24-15)20-12-14-8-9-16(22-3)17(11-14)23-5-2/h8-9,11,15H,4-7,10,12-13H2,1-3H3,(H2,19,20,21). The van der Waals surface area contributed by atoms with E-state index in [4.69, 9.17) is 14.2 Å². The zero-order valence-electron chi connectivity index (χ0n) is 14.9. The summed E-state index contributed by atoms with van der Waals surface area (Å²) in [6.07, 6.45) is 2.55. The van der Waals surface area contributed by atoms with Gasteiger partial charge in [0.25, 0.3) is 0 Å². The van der Waals surface area contributed by atoms with Crippen LogP contribution in [0.1, 0.15) is 32.3 Å². The second kappa shape index (κ2) is 10.0. The summed E-state index contributed by atoms with van der Waals surface area (Å²) in [6.45, 7) is 7.68.